The van der Waals surface area contributed by atoms with Crippen LogP contribution in [0.15, 0.2) is 24.3 Å². The fourth-order valence-electron chi connectivity index (χ4n) is 3.09. The van der Waals surface area contributed by atoms with Gasteiger partial charge in [-0.2, -0.15) is 0 Å². The number of hydrogen-bond acceptors (Lipinski definition) is 4. The van der Waals surface area contributed by atoms with E-state index in [9.17, 15) is 9.59 Å². The molecule has 2 rings (SSSR count). The van der Waals surface area contributed by atoms with Crippen molar-refractivity contribution in [2.45, 2.75) is 33.2 Å². The van der Waals surface area contributed by atoms with Gasteiger partial charge in [-0.3, -0.25) is 14.5 Å². The van der Waals surface area contributed by atoms with Crippen molar-refractivity contribution in [2.75, 3.05) is 33.3 Å². The first-order chi connectivity index (χ1) is 11.5. The van der Waals surface area contributed by atoms with Crippen molar-refractivity contribution in [1.29, 1.82) is 0 Å². The SMILES string of the molecule is CCOC(=O)C1CCCN(CC(=O)N(C)Cc2ccccc2C)C1. The Kier molecular flexibility index (Phi) is 6.79. The second-order valence-corrected chi connectivity index (χ2v) is 6.50. The van der Waals surface area contributed by atoms with Gasteiger partial charge in [-0.25, -0.2) is 0 Å². The quantitative estimate of drug-likeness (QED) is 0.750. The fraction of sp³-hybridized carbons (Fsp3) is 0.579. The molecule has 1 fully saturated rings. The number of carbonyl (C=O) groups excluding carboxylic acids is 2. The lowest BCUT2D eigenvalue weighted by molar-refractivity contribution is -0.150. The summed E-state index contributed by atoms with van der Waals surface area (Å²) in [6.07, 6.45) is 1.78. The number of hydrogen-bond donors (Lipinski definition) is 0. The zero-order valence-electron chi connectivity index (χ0n) is 15.0. The van der Waals surface area contributed by atoms with E-state index in [1.54, 1.807) is 4.90 Å². The van der Waals surface area contributed by atoms with Gasteiger partial charge in [0.2, 0.25) is 5.91 Å². The Hall–Kier alpha value is -1.88. The summed E-state index contributed by atoms with van der Waals surface area (Å²) in [6, 6.07) is 8.11. The molecular weight excluding hydrogens is 304 g/mol. The van der Waals surface area contributed by atoms with Gasteiger partial charge in [0.05, 0.1) is 19.1 Å². The number of piperidine rings is 1. The number of ether oxygens (including phenoxy) is 1. The number of likely N-dealkylation sites (N-methyl/N-ethyl adjacent to an activating group) is 1. The maximum atomic E-state index is 12.5. The molecule has 1 heterocycles. The molecule has 0 aromatic heterocycles. The molecule has 0 spiro atoms. The van der Waals surface area contributed by atoms with Crippen LogP contribution < -0.4 is 0 Å². The van der Waals surface area contributed by atoms with Gasteiger partial charge in [-0.05, 0) is 44.4 Å². The minimum Gasteiger partial charge on any atom is -0.466 e. The first-order valence-electron chi connectivity index (χ1n) is 8.68. The highest BCUT2D eigenvalue weighted by Crippen LogP contribution is 2.18. The second kappa shape index (κ2) is 8.83. The smallest absolute Gasteiger partial charge is 0.310 e. The van der Waals surface area contributed by atoms with Crippen molar-refractivity contribution >= 4 is 11.9 Å². The normalized spacial score (nSPS) is 18.2. The predicted octanol–water partition coefficient (Wildman–Crippen LogP) is 2.23. The maximum absolute atomic E-state index is 12.5. The van der Waals surface area contributed by atoms with Crippen LogP contribution in [-0.4, -0.2) is 55.0 Å². The highest BCUT2D eigenvalue weighted by atomic mass is 16.5. The number of carbonyl (C=O) groups is 2. The Morgan fingerprint density at radius 2 is 2.08 bits per heavy atom. The van der Waals surface area contributed by atoms with Crippen molar-refractivity contribution in [3.63, 3.8) is 0 Å². The lowest BCUT2D eigenvalue weighted by Crippen LogP contribution is -2.44. The second-order valence-electron chi connectivity index (χ2n) is 6.50. The van der Waals surface area contributed by atoms with Crippen LogP contribution in [0.3, 0.4) is 0 Å². The minimum atomic E-state index is -0.136. The molecule has 132 valence electrons. The van der Waals surface area contributed by atoms with E-state index < -0.39 is 0 Å². The van der Waals surface area contributed by atoms with Gasteiger partial charge >= 0.3 is 5.97 Å². The van der Waals surface area contributed by atoms with Gasteiger partial charge in [0.15, 0.2) is 0 Å². The summed E-state index contributed by atoms with van der Waals surface area (Å²) in [5.74, 6) is -0.154. The number of likely N-dealkylation sites (tertiary alicyclic amines) is 1. The molecule has 5 heteroatoms. The lowest BCUT2D eigenvalue weighted by atomic mass is 9.98. The highest BCUT2D eigenvalue weighted by Gasteiger charge is 2.28. The summed E-state index contributed by atoms with van der Waals surface area (Å²) in [6.45, 7) is 6.74. The molecule has 1 aromatic carbocycles. The number of amides is 1. The topological polar surface area (TPSA) is 49.9 Å². The molecule has 1 unspecified atom stereocenters. The van der Waals surface area contributed by atoms with E-state index in [1.165, 1.54) is 5.56 Å². The van der Waals surface area contributed by atoms with E-state index >= 15 is 0 Å². The number of rotatable bonds is 6. The van der Waals surface area contributed by atoms with E-state index in [1.807, 2.05) is 26.1 Å². The zero-order valence-corrected chi connectivity index (χ0v) is 15.0. The van der Waals surface area contributed by atoms with Crippen LogP contribution in [-0.2, 0) is 20.9 Å². The predicted molar refractivity (Wildman–Crippen MR) is 93.5 cm³/mol. The molecule has 5 nitrogen and oxygen atoms in total. The molecule has 1 saturated heterocycles. The van der Waals surface area contributed by atoms with Crippen molar-refractivity contribution in [3.05, 3.63) is 35.4 Å². The van der Waals surface area contributed by atoms with Crippen molar-refractivity contribution in [2.24, 2.45) is 5.92 Å². The van der Waals surface area contributed by atoms with Gasteiger partial charge in [-0.15, -0.1) is 0 Å². The van der Waals surface area contributed by atoms with Crippen LogP contribution in [0.4, 0.5) is 0 Å². The Labute approximate surface area is 144 Å². The number of benzene rings is 1. The molecule has 0 bridgehead atoms. The Bertz CT molecular complexity index is 573. The van der Waals surface area contributed by atoms with Gasteiger partial charge in [0, 0.05) is 20.1 Å². The third kappa shape index (κ3) is 5.06. The molecule has 0 aliphatic carbocycles. The molecule has 0 N–H and O–H groups in total. The summed E-state index contributed by atoms with van der Waals surface area (Å²) in [4.78, 5) is 28.2. The molecule has 1 amide bonds. The third-order valence-corrected chi connectivity index (χ3v) is 4.58. The van der Waals surface area contributed by atoms with E-state index in [-0.39, 0.29) is 17.8 Å². The summed E-state index contributed by atoms with van der Waals surface area (Å²) < 4.78 is 5.11. The van der Waals surface area contributed by atoms with Crippen LogP contribution in [0.25, 0.3) is 0 Å². The van der Waals surface area contributed by atoms with Crippen molar-refractivity contribution in [3.8, 4) is 0 Å². The van der Waals surface area contributed by atoms with E-state index in [0.717, 1.165) is 24.9 Å². The maximum Gasteiger partial charge on any atom is 0.310 e. The molecule has 1 aliphatic heterocycles. The first-order valence-corrected chi connectivity index (χ1v) is 8.68. The standard InChI is InChI=1S/C19H28N2O3/c1-4-24-19(23)17-10-7-11-21(13-17)14-18(22)20(3)12-16-9-6-5-8-15(16)2/h5-6,8-9,17H,4,7,10-14H2,1-3H3. The molecule has 1 atom stereocenters. The molecule has 1 aliphatic rings. The largest absolute Gasteiger partial charge is 0.466 e. The van der Waals surface area contributed by atoms with E-state index in [2.05, 4.69) is 24.0 Å². The van der Waals surface area contributed by atoms with Crippen LogP contribution in [0.5, 0.6) is 0 Å². The van der Waals surface area contributed by atoms with Crippen molar-refractivity contribution < 1.29 is 14.3 Å². The Balaban J connectivity index is 1.87. The number of aryl methyl sites for hydroxylation is 1. The summed E-state index contributed by atoms with van der Waals surface area (Å²) in [5, 5.41) is 0. The molecule has 24 heavy (non-hydrogen) atoms. The van der Waals surface area contributed by atoms with Gasteiger partial charge in [-0.1, -0.05) is 24.3 Å². The molecular formula is C19H28N2O3. The first kappa shape index (κ1) is 18.5. The van der Waals surface area contributed by atoms with Crippen LogP contribution >= 0.6 is 0 Å². The van der Waals surface area contributed by atoms with Gasteiger partial charge in [0.1, 0.15) is 0 Å². The highest BCUT2D eigenvalue weighted by molar-refractivity contribution is 5.78. The van der Waals surface area contributed by atoms with Crippen LogP contribution in [0, 0.1) is 12.8 Å². The Morgan fingerprint density at radius 3 is 2.79 bits per heavy atom. The zero-order chi connectivity index (χ0) is 17.5. The summed E-state index contributed by atoms with van der Waals surface area (Å²) in [5.41, 5.74) is 2.36. The average Bonchev–Trinajstić information content (AvgIpc) is 2.57. The van der Waals surface area contributed by atoms with Gasteiger partial charge < -0.3 is 9.64 Å². The number of esters is 1. The Morgan fingerprint density at radius 1 is 1.33 bits per heavy atom. The third-order valence-electron chi connectivity index (χ3n) is 4.58. The monoisotopic (exact) mass is 332 g/mol. The van der Waals surface area contributed by atoms with E-state index in [4.69, 9.17) is 4.74 Å². The van der Waals surface area contributed by atoms with E-state index in [0.29, 0.717) is 26.2 Å². The molecule has 0 radical (unpaired) electrons. The van der Waals surface area contributed by atoms with Crippen LogP contribution in [0.1, 0.15) is 30.9 Å². The van der Waals surface area contributed by atoms with Gasteiger partial charge in [0.25, 0.3) is 0 Å². The van der Waals surface area contributed by atoms with Crippen molar-refractivity contribution in [1.82, 2.24) is 9.80 Å². The summed E-state index contributed by atoms with van der Waals surface area (Å²) in [7, 11) is 1.83. The minimum absolute atomic E-state index is 0.0859. The lowest BCUT2D eigenvalue weighted by Gasteiger charge is -2.32. The average molecular weight is 332 g/mol. The summed E-state index contributed by atoms with van der Waals surface area (Å²) >= 11 is 0. The number of nitrogens with zero attached hydrogens (tertiary/aromatic N) is 2. The molecule has 0 saturated carbocycles. The fourth-order valence-corrected chi connectivity index (χ4v) is 3.09. The molecule has 1 aromatic rings. The van der Waals surface area contributed by atoms with Crippen LogP contribution in [0.2, 0.25) is 0 Å².